The van der Waals surface area contributed by atoms with E-state index in [2.05, 4.69) is 20.9 Å². The number of esters is 1. The molecular weight excluding hydrogens is 512 g/mol. The van der Waals surface area contributed by atoms with Gasteiger partial charge >= 0.3 is 5.97 Å². The van der Waals surface area contributed by atoms with Gasteiger partial charge in [0.15, 0.2) is 0 Å². The van der Waals surface area contributed by atoms with E-state index in [4.69, 9.17) is 21.1 Å². The lowest BCUT2D eigenvalue weighted by Gasteiger charge is -2.28. The maximum Gasteiger partial charge on any atom is 0.328 e. The lowest BCUT2D eigenvalue weighted by atomic mass is 9.87. The molecular formula is C27H37ClN4O6. The number of carbonyl (C=O) groups is 4. The molecule has 2 aromatic rings. The van der Waals surface area contributed by atoms with E-state index >= 15 is 0 Å². The Morgan fingerprint density at radius 3 is 2.37 bits per heavy atom. The molecule has 3 amide bonds. The molecule has 1 aliphatic heterocycles. The fourth-order valence-electron chi connectivity index (χ4n) is 4.82. The molecule has 1 fully saturated rings. The molecule has 38 heavy (non-hydrogen) atoms. The van der Waals surface area contributed by atoms with E-state index in [0.717, 1.165) is 0 Å². The van der Waals surface area contributed by atoms with Gasteiger partial charge in [-0.1, -0.05) is 32.4 Å². The second-order valence-corrected chi connectivity index (χ2v) is 12.1. The van der Waals surface area contributed by atoms with Crippen LogP contribution in [0.1, 0.15) is 64.4 Å². The van der Waals surface area contributed by atoms with Gasteiger partial charge in [0.25, 0.3) is 5.91 Å². The molecule has 11 heteroatoms. The van der Waals surface area contributed by atoms with E-state index in [0.29, 0.717) is 34.5 Å². The summed E-state index contributed by atoms with van der Waals surface area (Å²) >= 11 is 6.15. The van der Waals surface area contributed by atoms with E-state index in [1.165, 1.54) is 14.2 Å². The number of methoxy groups -OCH3 is 2. The van der Waals surface area contributed by atoms with E-state index in [1.807, 2.05) is 34.6 Å². The molecule has 0 saturated carbocycles. The van der Waals surface area contributed by atoms with Crippen molar-refractivity contribution in [2.45, 2.75) is 71.5 Å². The average molecular weight is 549 g/mol. The number of aromatic nitrogens is 1. The van der Waals surface area contributed by atoms with Crippen LogP contribution in [0, 0.1) is 11.3 Å². The quantitative estimate of drug-likeness (QED) is 0.355. The van der Waals surface area contributed by atoms with Crippen molar-refractivity contribution in [3.05, 3.63) is 28.9 Å². The molecule has 3 atom stereocenters. The van der Waals surface area contributed by atoms with Crippen molar-refractivity contribution in [3.63, 3.8) is 0 Å². The number of rotatable bonds is 9. The van der Waals surface area contributed by atoms with Crippen molar-refractivity contribution in [1.82, 2.24) is 20.9 Å². The SMILES string of the molecule is COC(=O)[C@H](C[C@@H]1CC(C)(C)NC1=O)NC(=O)[C@H](CC(C)(C)C)NC(=O)c1cc2c(OC)cc(Cl)cc2[nH]1. The fraction of sp³-hybridized carbons (Fsp3) is 0.556. The summed E-state index contributed by atoms with van der Waals surface area (Å²) in [5, 5.41) is 9.52. The van der Waals surface area contributed by atoms with Gasteiger partial charge < -0.3 is 30.4 Å². The maximum atomic E-state index is 13.4. The molecule has 1 aliphatic rings. The molecule has 10 nitrogen and oxygen atoms in total. The monoisotopic (exact) mass is 548 g/mol. The summed E-state index contributed by atoms with van der Waals surface area (Å²) in [6, 6.07) is 2.95. The maximum absolute atomic E-state index is 13.4. The fourth-order valence-corrected chi connectivity index (χ4v) is 5.03. The number of fused-ring (bicyclic) bond motifs is 1. The molecule has 4 N–H and O–H groups in total. The van der Waals surface area contributed by atoms with Crippen LogP contribution in [0.4, 0.5) is 0 Å². The van der Waals surface area contributed by atoms with Crippen LogP contribution in [0.2, 0.25) is 5.02 Å². The lowest BCUT2D eigenvalue weighted by Crippen LogP contribution is -2.53. The van der Waals surface area contributed by atoms with Crippen LogP contribution in [0.25, 0.3) is 10.9 Å². The second kappa shape index (κ2) is 11.2. The van der Waals surface area contributed by atoms with Gasteiger partial charge in [-0.3, -0.25) is 14.4 Å². The number of carbonyl (C=O) groups excluding carboxylic acids is 4. The van der Waals surface area contributed by atoms with Crippen LogP contribution in [0.5, 0.6) is 5.75 Å². The molecule has 0 radical (unpaired) electrons. The Morgan fingerprint density at radius 2 is 1.82 bits per heavy atom. The van der Waals surface area contributed by atoms with Crippen LogP contribution in [0.15, 0.2) is 18.2 Å². The molecule has 2 heterocycles. The van der Waals surface area contributed by atoms with Gasteiger partial charge in [0.1, 0.15) is 23.5 Å². The Morgan fingerprint density at radius 1 is 1.13 bits per heavy atom. The van der Waals surface area contributed by atoms with E-state index < -0.39 is 41.3 Å². The van der Waals surface area contributed by atoms with Crippen molar-refractivity contribution in [3.8, 4) is 5.75 Å². The first kappa shape index (κ1) is 29.3. The number of nitrogens with one attached hydrogen (secondary N) is 4. The third-order valence-electron chi connectivity index (χ3n) is 6.48. The molecule has 0 aliphatic carbocycles. The van der Waals surface area contributed by atoms with Gasteiger partial charge in [-0.15, -0.1) is 0 Å². The predicted molar refractivity (Wildman–Crippen MR) is 144 cm³/mol. The minimum Gasteiger partial charge on any atom is -0.496 e. The minimum absolute atomic E-state index is 0.0897. The van der Waals surface area contributed by atoms with Gasteiger partial charge in [0.05, 0.1) is 19.7 Å². The van der Waals surface area contributed by atoms with Crippen LogP contribution >= 0.6 is 11.6 Å². The van der Waals surface area contributed by atoms with E-state index in [-0.39, 0.29) is 23.4 Å². The second-order valence-electron chi connectivity index (χ2n) is 11.6. The standard InChI is InChI=1S/C27H37ClN4O6/c1-26(2,3)13-20(31-23(34)18-11-16-17(29-18)9-15(28)10-21(16)37-6)24(35)30-19(25(36)38-7)8-14-12-27(4,5)32-22(14)33/h9-11,14,19-20,29H,8,12-13H2,1-7H3,(H,30,35)(H,31,34)(H,32,33)/t14-,19+,20+/m1/s1. The first-order chi connectivity index (χ1) is 17.6. The van der Waals surface area contributed by atoms with Crippen molar-refractivity contribution in [1.29, 1.82) is 0 Å². The zero-order chi connectivity index (χ0) is 28.4. The summed E-state index contributed by atoms with van der Waals surface area (Å²) in [6.45, 7) is 9.63. The number of benzene rings is 1. The minimum atomic E-state index is -1.05. The topological polar surface area (TPSA) is 139 Å². The Hall–Kier alpha value is -3.27. The highest BCUT2D eigenvalue weighted by Crippen LogP contribution is 2.31. The van der Waals surface area contributed by atoms with Gasteiger partial charge in [-0.25, -0.2) is 4.79 Å². The molecule has 0 spiro atoms. The summed E-state index contributed by atoms with van der Waals surface area (Å²) in [5.41, 5.74) is 0.103. The smallest absolute Gasteiger partial charge is 0.328 e. The van der Waals surface area contributed by atoms with Crippen molar-refractivity contribution in [2.24, 2.45) is 11.3 Å². The van der Waals surface area contributed by atoms with Gasteiger partial charge in [0.2, 0.25) is 11.8 Å². The number of halogens is 1. The van der Waals surface area contributed by atoms with Crippen LogP contribution in [-0.4, -0.2) is 60.5 Å². The summed E-state index contributed by atoms with van der Waals surface area (Å²) in [7, 11) is 2.74. The van der Waals surface area contributed by atoms with Crippen LogP contribution < -0.4 is 20.7 Å². The average Bonchev–Trinajstić information content (AvgIpc) is 3.35. The number of H-pyrrole nitrogens is 1. The van der Waals surface area contributed by atoms with Crippen LogP contribution in [-0.2, 0) is 19.1 Å². The Bertz CT molecular complexity index is 1230. The van der Waals surface area contributed by atoms with Gasteiger partial charge in [-0.2, -0.15) is 0 Å². The largest absolute Gasteiger partial charge is 0.496 e. The Labute approximate surface area is 227 Å². The summed E-state index contributed by atoms with van der Waals surface area (Å²) < 4.78 is 10.3. The highest BCUT2D eigenvalue weighted by Gasteiger charge is 2.40. The zero-order valence-corrected chi connectivity index (χ0v) is 23.7. The summed E-state index contributed by atoms with van der Waals surface area (Å²) in [5.74, 6) is -1.83. The number of hydrogen-bond donors (Lipinski definition) is 4. The first-order valence-electron chi connectivity index (χ1n) is 12.5. The summed E-state index contributed by atoms with van der Waals surface area (Å²) in [4.78, 5) is 54.7. The molecule has 1 aromatic heterocycles. The third-order valence-corrected chi connectivity index (χ3v) is 6.70. The van der Waals surface area contributed by atoms with Crippen molar-refractivity contribution in [2.75, 3.05) is 14.2 Å². The number of hydrogen-bond acceptors (Lipinski definition) is 6. The first-order valence-corrected chi connectivity index (χ1v) is 12.9. The number of amides is 3. The van der Waals surface area contributed by atoms with Crippen molar-refractivity contribution < 1.29 is 28.7 Å². The van der Waals surface area contributed by atoms with Crippen LogP contribution in [0.3, 0.4) is 0 Å². The number of aromatic amines is 1. The van der Waals surface area contributed by atoms with E-state index in [9.17, 15) is 19.2 Å². The highest BCUT2D eigenvalue weighted by molar-refractivity contribution is 6.31. The summed E-state index contributed by atoms with van der Waals surface area (Å²) in [6.07, 6.45) is 0.905. The molecule has 208 valence electrons. The molecule has 1 saturated heterocycles. The lowest BCUT2D eigenvalue weighted by molar-refractivity contribution is -0.146. The van der Waals surface area contributed by atoms with Gasteiger partial charge in [-0.05, 0) is 56.7 Å². The normalized spacial score (nSPS) is 18.4. The van der Waals surface area contributed by atoms with E-state index in [1.54, 1.807) is 18.2 Å². The Balaban J connectivity index is 1.81. The molecule has 0 unspecified atom stereocenters. The zero-order valence-electron chi connectivity index (χ0n) is 22.9. The van der Waals surface area contributed by atoms with Crippen molar-refractivity contribution >= 4 is 46.2 Å². The molecule has 1 aromatic carbocycles. The Kier molecular flexibility index (Phi) is 8.65. The predicted octanol–water partition coefficient (Wildman–Crippen LogP) is 3.33. The molecule has 0 bridgehead atoms. The highest BCUT2D eigenvalue weighted by atomic mass is 35.5. The number of ether oxygens (including phenoxy) is 2. The molecule has 3 rings (SSSR count). The van der Waals surface area contributed by atoms with Gasteiger partial charge in [0, 0.05) is 21.9 Å². The third kappa shape index (κ3) is 7.18.